The van der Waals surface area contributed by atoms with E-state index in [1.54, 1.807) is 11.3 Å². The van der Waals surface area contributed by atoms with E-state index in [4.69, 9.17) is 11.6 Å². The van der Waals surface area contributed by atoms with E-state index in [-0.39, 0.29) is 5.91 Å². The standard InChI is InChI=1S/C12H17ClN2OS/c13-11-6-5-10(17-11)7-14-8-12(16)15-9-3-1-2-4-9/h5-6,9,14H,1-4,7-8H2,(H,15,16). The number of carbonyl (C=O) groups is 1. The Labute approximate surface area is 111 Å². The van der Waals surface area contributed by atoms with Crippen LogP contribution in [0.3, 0.4) is 0 Å². The van der Waals surface area contributed by atoms with Crippen LogP contribution in [0.4, 0.5) is 0 Å². The molecular formula is C12H17ClN2OS. The van der Waals surface area contributed by atoms with Crippen molar-refractivity contribution in [2.75, 3.05) is 6.54 Å². The van der Waals surface area contributed by atoms with Gasteiger partial charge >= 0.3 is 0 Å². The molecule has 2 rings (SSSR count). The molecule has 1 saturated carbocycles. The molecule has 1 aliphatic rings. The van der Waals surface area contributed by atoms with E-state index < -0.39 is 0 Å². The van der Waals surface area contributed by atoms with Crippen LogP contribution in [0.25, 0.3) is 0 Å². The fraction of sp³-hybridized carbons (Fsp3) is 0.583. The molecule has 0 unspecified atom stereocenters. The normalized spacial score (nSPS) is 16.3. The van der Waals surface area contributed by atoms with Gasteiger partial charge in [-0.25, -0.2) is 0 Å². The first-order chi connectivity index (χ1) is 8.24. The van der Waals surface area contributed by atoms with Crippen LogP contribution < -0.4 is 10.6 Å². The zero-order chi connectivity index (χ0) is 12.1. The highest BCUT2D eigenvalue weighted by Crippen LogP contribution is 2.21. The van der Waals surface area contributed by atoms with E-state index in [1.165, 1.54) is 12.8 Å². The minimum Gasteiger partial charge on any atom is -0.352 e. The fourth-order valence-electron chi connectivity index (χ4n) is 2.09. The maximum atomic E-state index is 11.6. The van der Waals surface area contributed by atoms with Crippen LogP contribution >= 0.6 is 22.9 Å². The summed E-state index contributed by atoms with van der Waals surface area (Å²) < 4.78 is 0.789. The predicted octanol–water partition coefficient (Wildman–Crippen LogP) is 2.55. The molecule has 17 heavy (non-hydrogen) atoms. The van der Waals surface area contributed by atoms with E-state index in [2.05, 4.69) is 10.6 Å². The van der Waals surface area contributed by atoms with Crippen molar-refractivity contribution in [1.29, 1.82) is 0 Å². The van der Waals surface area contributed by atoms with Gasteiger partial charge in [-0.1, -0.05) is 24.4 Å². The largest absolute Gasteiger partial charge is 0.352 e. The van der Waals surface area contributed by atoms with Gasteiger partial charge < -0.3 is 10.6 Å². The molecule has 94 valence electrons. The third-order valence-corrected chi connectivity index (χ3v) is 4.17. The SMILES string of the molecule is O=C(CNCc1ccc(Cl)s1)NC1CCCC1. The van der Waals surface area contributed by atoms with Gasteiger partial charge in [0.25, 0.3) is 0 Å². The van der Waals surface area contributed by atoms with Gasteiger partial charge in [0.05, 0.1) is 10.9 Å². The van der Waals surface area contributed by atoms with Gasteiger partial charge in [0, 0.05) is 17.5 Å². The van der Waals surface area contributed by atoms with Crippen molar-refractivity contribution in [2.45, 2.75) is 38.3 Å². The van der Waals surface area contributed by atoms with Gasteiger partial charge in [0.1, 0.15) is 0 Å². The smallest absolute Gasteiger partial charge is 0.234 e. The zero-order valence-corrected chi connectivity index (χ0v) is 11.2. The highest BCUT2D eigenvalue weighted by molar-refractivity contribution is 7.16. The molecular weight excluding hydrogens is 256 g/mol. The zero-order valence-electron chi connectivity index (χ0n) is 9.67. The van der Waals surface area contributed by atoms with Crippen LogP contribution in [-0.4, -0.2) is 18.5 Å². The van der Waals surface area contributed by atoms with Crippen molar-refractivity contribution in [2.24, 2.45) is 0 Å². The van der Waals surface area contributed by atoms with Crippen LogP contribution in [0.1, 0.15) is 30.6 Å². The number of thiophene rings is 1. The number of nitrogens with one attached hydrogen (secondary N) is 2. The molecule has 1 fully saturated rings. The molecule has 2 N–H and O–H groups in total. The van der Waals surface area contributed by atoms with Gasteiger partial charge in [-0.15, -0.1) is 11.3 Å². The maximum absolute atomic E-state index is 11.6. The highest BCUT2D eigenvalue weighted by Gasteiger charge is 2.16. The lowest BCUT2D eigenvalue weighted by Crippen LogP contribution is -2.38. The van der Waals surface area contributed by atoms with Crippen LogP contribution in [0.5, 0.6) is 0 Å². The second kappa shape index (κ2) is 6.38. The van der Waals surface area contributed by atoms with Gasteiger partial charge in [-0.3, -0.25) is 4.79 Å². The fourth-order valence-corrected chi connectivity index (χ4v) is 3.15. The van der Waals surface area contributed by atoms with Crippen molar-refractivity contribution in [1.82, 2.24) is 10.6 Å². The third kappa shape index (κ3) is 4.30. The number of amides is 1. The summed E-state index contributed by atoms with van der Waals surface area (Å²) in [5.41, 5.74) is 0. The summed E-state index contributed by atoms with van der Waals surface area (Å²) in [5, 5.41) is 6.17. The molecule has 1 aromatic heterocycles. The van der Waals surface area contributed by atoms with Crippen molar-refractivity contribution in [3.8, 4) is 0 Å². The summed E-state index contributed by atoms with van der Waals surface area (Å²) in [6, 6.07) is 4.26. The first kappa shape index (κ1) is 12.9. The molecule has 0 saturated heterocycles. The monoisotopic (exact) mass is 272 g/mol. The second-order valence-corrected chi connectivity index (χ2v) is 6.16. The summed E-state index contributed by atoms with van der Waals surface area (Å²) in [4.78, 5) is 12.8. The van der Waals surface area contributed by atoms with E-state index in [0.717, 1.165) is 22.1 Å². The Balaban J connectivity index is 1.62. The average Bonchev–Trinajstić information content (AvgIpc) is 2.90. The molecule has 0 aliphatic heterocycles. The van der Waals surface area contributed by atoms with Crippen molar-refractivity contribution in [3.05, 3.63) is 21.3 Å². The summed E-state index contributed by atoms with van der Waals surface area (Å²) >= 11 is 7.37. The van der Waals surface area contributed by atoms with Gasteiger partial charge in [-0.05, 0) is 25.0 Å². The van der Waals surface area contributed by atoms with Gasteiger partial charge in [0.15, 0.2) is 0 Å². The lowest BCUT2D eigenvalue weighted by molar-refractivity contribution is -0.120. The molecule has 1 aromatic rings. The van der Waals surface area contributed by atoms with Gasteiger partial charge in [-0.2, -0.15) is 0 Å². The highest BCUT2D eigenvalue weighted by atomic mass is 35.5. The van der Waals surface area contributed by atoms with Crippen LogP contribution in [-0.2, 0) is 11.3 Å². The average molecular weight is 273 g/mol. The lowest BCUT2D eigenvalue weighted by Gasteiger charge is -2.11. The van der Waals surface area contributed by atoms with Crippen molar-refractivity contribution in [3.63, 3.8) is 0 Å². The summed E-state index contributed by atoms with van der Waals surface area (Å²) in [5.74, 6) is 0.0968. The molecule has 1 aliphatic carbocycles. The number of carbonyl (C=O) groups excluding carboxylic acids is 1. The van der Waals surface area contributed by atoms with E-state index in [1.807, 2.05) is 12.1 Å². The first-order valence-corrected chi connectivity index (χ1v) is 7.18. The minimum atomic E-state index is 0.0968. The Morgan fingerprint density at radius 1 is 1.41 bits per heavy atom. The topological polar surface area (TPSA) is 41.1 Å². The number of hydrogen-bond acceptors (Lipinski definition) is 3. The molecule has 1 amide bonds. The van der Waals surface area contributed by atoms with Crippen LogP contribution in [0, 0.1) is 0 Å². The molecule has 0 spiro atoms. The second-order valence-electron chi connectivity index (χ2n) is 4.36. The van der Waals surface area contributed by atoms with Crippen molar-refractivity contribution >= 4 is 28.8 Å². The molecule has 1 heterocycles. The van der Waals surface area contributed by atoms with E-state index in [0.29, 0.717) is 19.1 Å². The molecule has 3 nitrogen and oxygen atoms in total. The van der Waals surface area contributed by atoms with E-state index >= 15 is 0 Å². The minimum absolute atomic E-state index is 0.0968. The lowest BCUT2D eigenvalue weighted by atomic mass is 10.2. The Morgan fingerprint density at radius 3 is 2.82 bits per heavy atom. The molecule has 0 bridgehead atoms. The summed E-state index contributed by atoms with van der Waals surface area (Å²) in [7, 11) is 0. The van der Waals surface area contributed by atoms with Crippen LogP contribution in [0.2, 0.25) is 4.34 Å². The Bertz CT molecular complexity index is 374. The summed E-state index contributed by atoms with van der Waals surface area (Å²) in [6.07, 6.45) is 4.75. The van der Waals surface area contributed by atoms with E-state index in [9.17, 15) is 4.79 Å². The Morgan fingerprint density at radius 2 is 2.18 bits per heavy atom. The first-order valence-electron chi connectivity index (χ1n) is 5.98. The predicted molar refractivity (Wildman–Crippen MR) is 71.4 cm³/mol. The van der Waals surface area contributed by atoms with Crippen LogP contribution in [0.15, 0.2) is 12.1 Å². The molecule has 5 heteroatoms. The molecule has 0 atom stereocenters. The molecule has 0 aromatic carbocycles. The third-order valence-electron chi connectivity index (χ3n) is 2.93. The quantitative estimate of drug-likeness (QED) is 0.865. The number of halogens is 1. The number of hydrogen-bond donors (Lipinski definition) is 2. The Kier molecular flexibility index (Phi) is 4.83. The summed E-state index contributed by atoms with van der Waals surface area (Å²) in [6.45, 7) is 1.08. The molecule has 0 radical (unpaired) electrons. The Hall–Kier alpha value is -0.580. The van der Waals surface area contributed by atoms with Gasteiger partial charge in [0.2, 0.25) is 5.91 Å². The maximum Gasteiger partial charge on any atom is 0.234 e. The van der Waals surface area contributed by atoms with Crippen molar-refractivity contribution < 1.29 is 4.79 Å². The number of rotatable bonds is 5.